The number of sulfonamides is 1. The fourth-order valence-electron chi connectivity index (χ4n) is 2.79. The molecule has 0 amide bonds. The van der Waals surface area contributed by atoms with E-state index in [1.54, 1.807) is 4.31 Å². The second kappa shape index (κ2) is 7.46. The molecule has 0 aromatic heterocycles. The Balaban J connectivity index is 2.63. The fourth-order valence-corrected chi connectivity index (χ4v) is 4.95. The van der Waals surface area contributed by atoms with E-state index >= 15 is 0 Å². The van der Waals surface area contributed by atoms with Crippen LogP contribution in [-0.2, 0) is 10.0 Å². The van der Waals surface area contributed by atoms with Crippen LogP contribution in [0.25, 0.3) is 0 Å². The van der Waals surface area contributed by atoms with Crippen LogP contribution in [0, 0.1) is 5.92 Å². The molecule has 0 spiro atoms. The first kappa shape index (κ1) is 15.9. The highest BCUT2D eigenvalue weighted by molar-refractivity contribution is 7.89. The molecule has 1 fully saturated rings. The molecule has 1 heterocycles. The monoisotopic (exact) mass is 276 g/mol. The van der Waals surface area contributed by atoms with Gasteiger partial charge in [-0.15, -0.1) is 0 Å². The van der Waals surface area contributed by atoms with Crippen LogP contribution in [0.5, 0.6) is 0 Å². The van der Waals surface area contributed by atoms with Crippen molar-refractivity contribution in [1.82, 2.24) is 9.62 Å². The average Bonchev–Trinajstić information content (AvgIpc) is 2.30. The van der Waals surface area contributed by atoms with Crippen molar-refractivity contribution in [2.75, 3.05) is 25.4 Å². The predicted molar refractivity (Wildman–Crippen MR) is 76.1 cm³/mol. The molecule has 1 atom stereocenters. The summed E-state index contributed by atoms with van der Waals surface area (Å²) in [4.78, 5) is 0. The summed E-state index contributed by atoms with van der Waals surface area (Å²) >= 11 is 0. The molecule has 1 aliphatic heterocycles. The highest BCUT2D eigenvalue weighted by Crippen LogP contribution is 2.19. The van der Waals surface area contributed by atoms with Crippen LogP contribution in [0.15, 0.2) is 0 Å². The van der Waals surface area contributed by atoms with Crippen LogP contribution < -0.4 is 5.32 Å². The summed E-state index contributed by atoms with van der Waals surface area (Å²) in [6.45, 7) is 8.56. The van der Waals surface area contributed by atoms with Gasteiger partial charge in [-0.25, -0.2) is 8.42 Å². The summed E-state index contributed by atoms with van der Waals surface area (Å²) in [5, 5.41) is 3.28. The van der Waals surface area contributed by atoms with E-state index in [1.807, 2.05) is 13.8 Å². The van der Waals surface area contributed by atoms with Crippen LogP contribution in [0.3, 0.4) is 0 Å². The van der Waals surface area contributed by atoms with Crippen molar-refractivity contribution >= 4 is 10.0 Å². The quantitative estimate of drug-likeness (QED) is 0.772. The third-order valence-corrected chi connectivity index (χ3v) is 6.00. The van der Waals surface area contributed by atoms with Gasteiger partial charge in [0.25, 0.3) is 0 Å². The number of hydrogen-bond donors (Lipinski definition) is 1. The summed E-state index contributed by atoms with van der Waals surface area (Å²) in [6, 6.07) is 0.131. The summed E-state index contributed by atoms with van der Waals surface area (Å²) in [5.74, 6) is 0.662. The normalized spacial score (nSPS) is 20.2. The third-order valence-electron chi connectivity index (χ3n) is 3.77. The lowest BCUT2D eigenvalue weighted by Gasteiger charge is -2.30. The van der Waals surface area contributed by atoms with Gasteiger partial charge in [-0.05, 0) is 45.2 Å². The zero-order valence-corrected chi connectivity index (χ0v) is 12.8. The molecule has 1 unspecified atom stereocenters. The van der Waals surface area contributed by atoms with E-state index in [1.165, 1.54) is 0 Å². The molecule has 1 rings (SSSR count). The number of hydrogen-bond acceptors (Lipinski definition) is 3. The van der Waals surface area contributed by atoms with E-state index < -0.39 is 10.0 Å². The Bertz CT molecular complexity index is 324. The molecule has 1 aliphatic rings. The minimum Gasteiger partial charge on any atom is -0.317 e. The fraction of sp³-hybridized carbons (Fsp3) is 1.00. The number of nitrogens with one attached hydrogen (secondary N) is 1. The Morgan fingerprint density at radius 3 is 2.39 bits per heavy atom. The van der Waals surface area contributed by atoms with Gasteiger partial charge >= 0.3 is 0 Å². The van der Waals surface area contributed by atoms with E-state index in [0.29, 0.717) is 18.2 Å². The summed E-state index contributed by atoms with van der Waals surface area (Å²) < 4.78 is 26.6. The van der Waals surface area contributed by atoms with Crippen LogP contribution in [0.4, 0.5) is 0 Å². The van der Waals surface area contributed by atoms with Crippen LogP contribution in [-0.4, -0.2) is 44.2 Å². The van der Waals surface area contributed by atoms with Gasteiger partial charge in [0, 0.05) is 12.6 Å². The SMILES string of the molecule is CCCC(C)N(CC)S(=O)(=O)CC1CCNCC1. The summed E-state index contributed by atoms with van der Waals surface area (Å²) in [7, 11) is -3.09. The Morgan fingerprint density at radius 1 is 1.28 bits per heavy atom. The van der Waals surface area contributed by atoms with Gasteiger partial charge in [-0.3, -0.25) is 0 Å². The van der Waals surface area contributed by atoms with Crippen molar-refractivity contribution in [3.05, 3.63) is 0 Å². The molecule has 0 saturated carbocycles. The molecule has 18 heavy (non-hydrogen) atoms. The number of rotatable bonds is 7. The smallest absolute Gasteiger partial charge is 0.214 e. The first-order valence-corrected chi connectivity index (χ1v) is 8.82. The molecule has 5 heteroatoms. The second-order valence-corrected chi connectivity index (χ2v) is 7.28. The number of piperidine rings is 1. The van der Waals surface area contributed by atoms with Gasteiger partial charge < -0.3 is 5.32 Å². The average molecular weight is 276 g/mol. The van der Waals surface area contributed by atoms with Crippen molar-refractivity contribution < 1.29 is 8.42 Å². The molecule has 0 aliphatic carbocycles. The highest BCUT2D eigenvalue weighted by atomic mass is 32.2. The van der Waals surface area contributed by atoms with Crippen molar-refractivity contribution in [1.29, 1.82) is 0 Å². The zero-order valence-electron chi connectivity index (χ0n) is 12.0. The lowest BCUT2D eigenvalue weighted by atomic mass is 10.0. The molecule has 4 nitrogen and oxygen atoms in total. The predicted octanol–water partition coefficient (Wildman–Crippen LogP) is 1.83. The summed E-state index contributed by atoms with van der Waals surface area (Å²) in [6.07, 6.45) is 3.94. The third kappa shape index (κ3) is 4.52. The van der Waals surface area contributed by atoms with E-state index in [4.69, 9.17) is 0 Å². The van der Waals surface area contributed by atoms with Gasteiger partial charge in [0.2, 0.25) is 10.0 Å². The maximum Gasteiger partial charge on any atom is 0.214 e. The van der Waals surface area contributed by atoms with Crippen LogP contribution >= 0.6 is 0 Å². The Labute approximate surface area is 112 Å². The van der Waals surface area contributed by atoms with E-state index in [0.717, 1.165) is 38.8 Å². The Morgan fingerprint density at radius 2 is 1.89 bits per heavy atom. The first-order chi connectivity index (χ1) is 8.51. The topological polar surface area (TPSA) is 49.4 Å². The minimum atomic E-state index is -3.09. The maximum absolute atomic E-state index is 12.5. The minimum absolute atomic E-state index is 0.131. The van der Waals surface area contributed by atoms with E-state index in [-0.39, 0.29) is 6.04 Å². The molecule has 108 valence electrons. The van der Waals surface area contributed by atoms with E-state index in [9.17, 15) is 8.42 Å². The first-order valence-electron chi connectivity index (χ1n) is 7.21. The standard InChI is InChI=1S/C13H28N2O2S/c1-4-6-12(3)15(5-2)18(16,17)11-13-7-9-14-10-8-13/h12-14H,4-11H2,1-3H3. The highest BCUT2D eigenvalue weighted by Gasteiger charge is 2.28. The molecular formula is C13H28N2O2S. The van der Waals surface area contributed by atoms with Gasteiger partial charge in [-0.2, -0.15) is 4.31 Å². The molecule has 0 aromatic rings. The van der Waals surface area contributed by atoms with E-state index in [2.05, 4.69) is 12.2 Å². The zero-order chi connectivity index (χ0) is 13.6. The van der Waals surface area contributed by atoms with Gasteiger partial charge in [0.15, 0.2) is 0 Å². The van der Waals surface area contributed by atoms with Crippen molar-refractivity contribution in [3.63, 3.8) is 0 Å². The van der Waals surface area contributed by atoms with Crippen LogP contribution in [0.2, 0.25) is 0 Å². The molecule has 0 aromatic carbocycles. The Kier molecular flexibility index (Phi) is 6.60. The van der Waals surface area contributed by atoms with Gasteiger partial charge in [0.1, 0.15) is 0 Å². The second-order valence-electron chi connectivity index (χ2n) is 5.31. The van der Waals surface area contributed by atoms with Crippen LogP contribution in [0.1, 0.15) is 46.5 Å². The molecule has 0 radical (unpaired) electrons. The lowest BCUT2D eigenvalue weighted by Crippen LogP contribution is -2.42. The maximum atomic E-state index is 12.5. The largest absolute Gasteiger partial charge is 0.317 e. The lowest BCUT2D eigenvalue weighted by molar-refractivity contribution is 0.323. The summed E-state index contributed by atoms with van der Waals surface area (Å²) in [5.41, 5.74) is 0. The van der Waals surface area contributed by atoms with Crippen molar-refractivity contribution in [3.8, 4) is 0 Å². The molecular weight excluding hydrogens is 248 g/mol. The van der Waals surface area contributed by atoms with Gasteiger partial charge in [0.05, 0.1) is 5.75 Å². The molecule has 1 saturated heterocycles. The molecule has 0 bridgehead atoms. The van der Waals surface area contributed by atoms with Crippen molar-refractivity contribution in [2.24, 2.45) is 5.92 Å². The Hall–Kier alpha value is -0.130. The molecule has 1 N–H and O–H groups in total. The van der Waals surface area contributed by atoms with Crippen molar-refractivity contribution in [2.45, 2.75) is 52.5 Å². The van der Waals surface area contributed by atoms with Gasteiger partial charge in [-0.1, -0.05) is 20.3 Å². The number of nitrogens with zero attached hydrogens (tertiary/aromatic N) is 1.